The Labute approximate surface area is 62.3 Å². The molecule has 1 aliphatic carbocycles. The van der Waals surface area contributed by atoms with Crippen LogP contribution in [0, 0.1) is 0 Å². The van der Waals surface area contributed by atoms with Gasteiger partial charge in [-0.3, -0.25) is 9.78 Å². The van der Waals surface area contributed by atoms with E-state index in [2.05, 4.69) is 9.97 Å². The van der Waals surface area contributed by atoms with E-state index in [1.807, 2.05) is 0 Å². The standard InChI is InChI=1S/C7H8N2O2/c10-6-3-5(4-1-2-4)8-7(11)9-6/h3-4H,1-2H2,(H2,8,9,10,11). The van der Waals surface area contributed by atoms with Gasteiger partial charge in [0, 0.05) is 11.8 Å². The smallest absolute Gasteiger partial charge is 0.311 e. The van der Waals surface area contributed by atoms with Crippen LogP contribution in [0.15, 0.2) is 15.7 Å². The Kier molecular flexibility index (Phi) is 1.21. The summed E-state index contributed by atoms with van der Waals surface area (Å²) < 4.78 is 0. The average Bonchev–Trinajstić information content (AvgIpc) is 2.64. The molecule has 11 heavy (non-hydrogen) atoms. The largest absolute Gasteiger partial charge is 0.325 e. The van der Waals surface area contributed by atoms with Crippen LogP contribution in [0.3, 0.4) is 0 Å². The summed E-state index contributed by atoms with van der Waals surface area (Å²) in [5, 5.41) is 0. The molecule has 2 N–H and O–H groups in total. The Morgan fingerprint density at radius 2 is 2.00 bits per heavy atom. The molecule has 1 aromatic heterocycles. The van der Waals surface area contributed by atoms with Gasteiger partial charge >= 0.3 is 5.69 Å². The second kappa shape index (κ2) is 2.08. The summed E-state index contributed by atoms with van der Waals surface area (Å²) in [4.78, 5) is 26.2. The molecular formula is C7H8N2O2. The van der Waals surface area contributed by atoms with Gasteiger partial charge in [-0.2, -0.15) is 0 Å². The van der Waals surface area contributed by atoms with Crippen LogP contribution in [-0.2, 0) is 0 Å². The molecule has 0 atom stereocenters. The van der Waals surface area contributed by atoms with Crippen LogP contribution in [0.25, 0.3) is 0 Å². The number of nitrogens with one attached hydrogen (secondary N) is 2. The van der Waals surface area contributed by atoms with E-state index >= 15 is 0 Å². The van der Waals surface area contributed by atoms with E-state index in [-0.39, 0.29) is 5.56 Å². The van der Waals surface area contributed by atoms with Crippen molar-refractivity contribution in [2.75, 3.05) is 0 Å². The zero-order chi connectivity index (χ0) is 7.84. The van der Waals surface area contributed by atoms with Gasteiger partial charge in [0.05, 0.1) is 0 Å². The highest BCUT2D eigenvalue weighted by atomic mass is 16.2. The topological polar surface area (TPSA) is 65.7 Å². The first kappa shape index (κ1) is 6.39. The second-order valence-corrected chi connectivity index (χ2v) is 2.82. The van der Waals surface area contributed by atoms with Gasteiger partial charge in [-0.1, -0.05) is 0 Å². The van der Waals surface area contributed by atoms with E-state index in [0.29, 0.717) is 5.92 Å². The predicted molar refractivity (Wildman–Crippen MR) is 39.7 cm³/mol. The molecule has 1 aliphatic rings. The summed E-state index contributed by atoms with van der Waals surface area (Å²) >= 11 is 0. The summed E-state index contributed by atoms with van der Waals surface area (Å²) in [6.45, 7) is 0. The van der Waals surface area contributed by atoms with Crippen molar-refractivity contribution < 1.29 is 0 Å². The van der Waals surface area contributed by atoms with Crippen molar-refractivity contribution in [3.63, 3.8) is 0 Å². The van der Waals surface area contributed by atoms with E-state index < -0.39 is 5.69 Å². The van der Waals surface area contributed by atoms with Crippen LogP contribution in [-0.4, -0.2) is 9.97 Å². The molecule has 4 heteroatoms. The van der Waals surface area contributed by atoms with Gasteiger partial charge in [-0.05, 0) is 18.8 Å². The third-order valence-electron chi connectivity index (χ3n) is 1.80. The van der Waals surface area contributed by atoms with Crippen LogP contribution in [0.5, 0.6) is 0 Å². The van der Waals surface area contributed by atoms with Gasteiger partial charge in [0.1, 0.15) is 0 Å². The molecule has 0 amide bonds. The predicted octanol–water partition coefficient (Wildman–Crippen LogP) is -0.0594. The molecule has 0 bridgehead atoms. The maximum Gasteiger partial charge on any atom is 0.325 e. The SMILES string of the molecule is O=c1cc(C2CC2)[nH]c(=O)[nH]1. The highest BCUT2D eigenvalue weighted by molar-refractivity contribution is 5.11. The molecule has 0 unspecified atom stereocenters. The van der Waals surface area contributed by atoms with Gasteiger partial charge in [0.25, 0.3) is 5.56 Å². The monoisotopic (exact) mass is 152 g/mol. The summed E-state index contributed by atoms with van der Waals surface area (Å²) in [5.41, 5.74) is 0.0637. The minimum atomic E-state index is -0.403. The first-order chi connectivity index (χ1) is 5.25. The Morgan fingerprint density at radius 3 is 2.55 bits per heavy atom. The van der Waals surface area contributed by atoms with Crippen molar-refractivity contribution in [2.45, 2.75) is 18.8 Å². The lowest BCUT2D eigenvalue weighted by Crippen LogP contribution is -2.22. The summed E-state index contributed by atoms with van der Waals surface area (Å²) in [5.74, 6) is 0.421. The quantitative estimate of drug-likeness (QED) is 0.592. The van der Waals surface area contributed by atoms with Crippen molar-refractivity contribution >= 4 is 0 Å². The molecule has 0 spiro atoms. The number of hydrogen-bond donors (Lipinski definition) is 2. The van der Waals surface area contributed by atoms with Crippen molar-refractivity contribution in [1.29, 1.82) is 0 Å². The van der Waals surface area contributed by atoms with Gasteiger partial charge in [0.15, 0.2) is 0 Å². The molecule has 2 rings (SSSR count). The van der Waals surface area contributed by atoms with E-state index in [4.69, 9.17) is 0 Å². The van der Waals surface area contributed by atoms with Crippen LogP contribution in [0.2, 0.25) is 0 Å². The van der Waals surface area contributed by atoms with Crippen molar-refractivity contribution in [3.8, 4) is 0 Å². The molecule has 1 heterocycles. The number of hydrogen-bond acceptors (Lipinski definition) is 2. The van der Waals surface area contributed by atoms with Crippen LogP contribution in [0.4, 0.5) is 0 Å². The maximum absolute atomic E-state index is 10.8. The summed E-state index contributed by atoms with van der Waals surface area (Å²) in [6.07, 6.45) is 2.17. The number of rotatable bonds is 1. The fraction of sp³-hybridized carbons (Fsp3) is 0.429. The van der Waals surface area contributed by atoms with Crippen LogP contribution in [0.1, 0.15) is 24.5 Å². The lowest BCUT2D eigenvalue weighted by atomic mass is 10.3. The van der Waals surface area contributed by atoms with Gasteiger partial charge < -0.3 is 4.98 Å². The fourth-order valence-electron chi connectivity index (χ4n) is 1.10. The fourth-order valence-corrected chi connectivity index (χ4v) is 1.10. The van der Waals surface area contributed by atoms with Gasteiger partial charge in [-0.25, -0.2) is 4.79 Å². The molecule has 1 fully saturated rings. The normalized spacial score (nSPS) is 16.7. The van der Waals surface area contributed by atoms with Crippen molar-refractivity contribution in [1.82, 2.24) is 9.97 Å². The number of H-pyrrole nitrogens is 2. The number of aromatic nitrogens is 2. The highest BCUT2D eigenvalue weighted by Crippen LogP contribution is 2.37. The summed E-state index contributed by atoms with van der Waals surface area (Å²) in [6, 6.07) is 1.46. The minimum Gasteiger partial charge on any atom is -0.311 e. The Morgan fingerprint density at radius 1 is 1.27 bits per heavy atom. The summed E-state index contributed by atoms with van der Waals surface area (Å²) in [7, 11) is 0. The lowest BCUT2D eigenvalue weighted by molar-refractivity contribution is 0.927. The van der Waals surface area contributed by atoms with Crippen molar-refractivity contribution in [2.24, 2.45) is 0 Å². The van der Waals surface area contributed by atoms with E-state index in [1.165, 1.54) is 6.07 Å². The third-order valence-corrected chi connectivity index (χ3v) is 1.80. The van der Waals surface area contributed by atoms with E-state index in [0.717, 1.165) is 18.5 Å². The second-order valence-electron chi connectivity index (χ2n) is 2.82. The van der Waals surface area contributed by atoms with Gasteiger partial charge in [-0.15, -0.1) is 0 Å². The molecule has 4 nitrogen and oxygen atoms in total. The van der Waals surface area contributed by atoms with Crippen LogP contribution < -0.4 is 11.2 Å². The Balaban J connectivity index is 2.55. The van der Waals surface area contributed by atoms with E-state index in [1.54, 1.807) is 0 Å². The van der Waals surface area contributed by atoms with Gasteiger partial charge in [0.2, 0.25) is 0 Å². The van der Waals surface area contributed by atoms with Crippen molar-refractivity contribution in [3.05, 3.63) is 32.6 Å². The number of aromatic amines is 2. The molecule has 58 valence electrons. The molecule has 0 saturated heterocycles. The first-order valence-electron chi connectivity index (χ1n) is 3.59. The minimum absolute atomic E-state index is 0.310. The zero-order valence-corrected chi connectivity index (χ0v) is 5.89. The third kappa shape index (κ3) is 1.24. The molecule has 0 radical (unpaired) electrons. The molecule has 0 aromatic carbocycles. The molecule has 1 aromatic rings. The van der Waals surface area contributed by atoms with E-state index in [9.17, 15) is 9.59 Å². The Bertz CT molecular complexity index is 344. The highest BCUT2D eigenvalue weighted by Gasteiger charge is 2.24. The molecule has 1 saturated carbocycles. The zero-order valence-electron chi connectivity index (χ0n) is 5.89. The first-order valence-corrected chi connectivity index (χ1v) is 3.59. The van der Waals surface area contributed by atoms with Crippen LogP contribution >= 0.6 is 0 Å². The lowest BCUT2D eigenvalue weighted by Gasteiger charge is -1.93. The average molecular weight is 152 g/mol. The maximum atomic E-state index is 10.8. The Hall–Kier alpha value is -1.32. The molecule has 0 aliphatic heterocycles. The molecular weight excluding hydrogens is 144 g/mol.